The van der Waals surface area contributed by atoms with Crippen LogP contribution in [-0.4, -0.2) is 57.1 Å². The largest absolute Gasteiger partial charge is 0.508 e. The summed E-state index contributed by atoms with van der Waals surface area (Å²) in [6.07, 6.45) is 9.76. The molecule has 6 nitrogen and oxygen atoms in total. The van der Waals surface area contributed by atoms with Crippen molar-refractivity contribution >= 4 is 12.0 Å². The summed E-state index contributed by atoms with van der Waals surface area (Å²) in [5.41, 5.74) is 1.53. The van der Waals surface area contributed by atoms with Crippen LogP contribution in [0, 0.1) is 0 Å². The van der Waals surface area contributed by atoms with Crippen molar-refractivity contribution in [2.45, 2.75) is 6.42 Å². The maximum absolute atomic E-state index is 12.3. The molecule has 6 heteroatoms. The number of rotatable bonds is 5. The molecule has 0 unspecified atom stereocenters. The van der Waals surface area contributed by atoms with Gasteiger partial charge < -0.3 is 20.0 Å². The lowest BCUT2D eigenvalue weighted by Crippen LogP contribution is -2.46. The van der Waals surface area contributed by atoms with Gasteiger partial charge >= 0.3 is 0 Å². The van der Waals surface area contributed by atoms with E-state index < -0.39 is 0 Å². The van der Waals surface area contributed by atoms with Crippen LogP contribution in [0.25, 0.3) is 6.08 Å². The standard InChI is InChI=1S/C21H23N3O3/c25-19-8-6-17(20(26)16-19)7-9-21(27)24-14-12-23(13-15-24)11-3-5-18-4-1-2-10-22-18/h1-4,6-11,16,25-26H,5,12-15H2/b9-7+,11-3+. The number of carbonyl (C=O) groups is 1. The van der Waals surface area contributed by atoms with E-state index in [4.69, 9.17) is 0 Å². The molecular weight excluding hydrogens is 342 g/mol. The van der Waals surface area contributed by atoms with Crippen LogP contribution < -0.4 is 0 Å². The second kappa shape index (κ2) is 8.89. The van der Waals surface area contributed by atoms with Crippen molar-refractivity contribution in [2.24, 2.45) is 0 Å². The van der Waals surface area contributed by atoms with Crippen LogP contribution in [0.2, 0.25) is 0 Å². The van der Waals surface area contributed by atoms with Gasteiger partial charge in [-0.2, -0.15) is 0 Å². The average molecular weight is 365 g/mol. The van der Waals surface area contributed by atoms with Gasteiger partial charge in [0.15, 0.2) is 0 Å². The predicted molar refractivity (Wildman–Crippen MR) is 104 cm³/mol. The number of amides is 1. The van der Waals surface area contributed by atoms with Crippen molar-refractivity contribution in [2.75, 3.05) is 26.2 Å². The Morgan fingerprint density at radius 1 is 1.11 bits per heavy atom. The van der Waals surface area contributed by atoms with Crippen LogP contribution in [0.15, 0.2) is 60.9 Å². The Labute approximate surface area is 158 Å². The zero-order chi connectivity index (χ0) is 19.1. The summed E-state index contributed by atoms with van der Waals surface area (Å²) in [7, 11) is 0. The van der Waals surface area contributed by atoms with Crippen LogP contribution in [0.4, 0.5) is 0 Å². The number of benzene rings is 1. The first kappa shape index (κ1) is 18.5. The van der Waals surface area contributed by atoms with Crippen molar-refractivity contribution in [1.29, 1.82) is 0 Å². The number of nitrogens with zero attached hydrogens (tertiary/aromatic N) is 3. The highest BCUT2D eigenvalue weighted by Gasteiger charge is 2.17. The Morgan fingerprint density at radius 2 is 1.93 bits per heavy atom. The summed E-state index contributed by atoms with van der Waals surface area (Å²) in [5.74, 6) is -0.148. The lowest BCUT2D eigenvalue weighted by Gasteiger charge is -2.33. The lowest BCUT2D eigenvalue weighted by molar-refractivity contribution is -0.127. The highest BCUT2D eigenvalue weighted by molar-refractivity contribution is 5.92. The zero-order valence-electron chi connectivity index (χ0n) is 15.0. The molecule has 1 aliphatic rings. The fraction of sp³-hybridized carbons (Fsp3) is 0.238. The van der Waals surface area contributed by atoms with E-state index in [2.05, 4.69) is 22.2 Å². The van der Waals surface area contributed by atoms with Gasteiger partial charge in [0.05, 0.1) is 0 Å². The first-order valence-corrected chi connectivity index (χ1v) is 8.91. The van der Waals surface area contributed by atoms with Crippen LogP contribution in [0.3, 0.4) is 0 Å². The summed E-state index contributed by atoms with van der Waals surface area (Å²) < 4.78 is 0. The molecule has 0 aliphatic carbocycles. The summed E-state index contributed by atoms with van der Waals surface area (Å²) in [6.45, 7) is 2.86. The molecule has 2 aromatic rings. The molecule has 1 aromatic heterocycles. The van der Waals surface area contributed by atoms with Crippen molar-refractivity contribution in [3.8, 4) is 11.5 Å². The molecule has 0 atom stereocenters. The van der Waals surface area contributed by atoms with Gasteiger partial charge in [0.25, 0.3) is 0 Å². The second-order valence-electron chi connectivity index (χ2n) is 6.35. The molecule has 140 valence electrons. The van der Waals surface area contributed by atoms with Gasteiger partial charge in [-0.05, 0) is 36.5 Å². The third-order valence-electron chi connectivity index (χ3n) is 4.41. The topological polar surface area (TPSA) is 76.9 Å². The van der Waals surface area contributed by atoms with Crippen LogP contribution >= 0.6 is 0 Å². The molecule has 1 amide bonds. The molecule has 1 saturated heterocycles. The van der Waals surface area contributed by atoms with Crippen LogP contribution in [0.5, 0.6) is 11.5 Å². The fourth-order valence-corrected chi connectivity index (χ4v) is 2.87. The third-order valence-corrected chi connectivity index (χ3v) is 4.41. The normalized spacial score (nSPS) is 15.0. The number of allylic oxidation sites excluding steroid dienone is 1. The maximum atomic E-state index is 12.3. The Hall–Kier alpha value is -3.28. The van der Waals surface area contributed by atoms with E-state index in [0.717, 1.165) is 25.2 Å². The smallest absolute Gasteiger partial charge is 0.246 e. The van der Waals surface area contributed by atoms with Gasteiger partial charge in [-0.25, -0.2) is 0 Å². The predicted octanol–water partition coefficient (Wildman–Crippen LogP) is 2.41. The summed E-state index contributed by atoms with van der Waals surface area (Å²) in [5, 5.41) is 19.1. The highest BCUT2D eigenvalue weighted by Crippen LogP contribution is 2.23. The molecule has 1 fully saturated rings. The van der Waals surface area contributed by atoms with Gasteiger partial charge in [-0.1, -0.05) is 12.1 Å². The average Bonchev–Trinajstić information content (AvgIpc) is 2.68. The van der Waals surface area contributed by atoms with Gasteiger partial charge in [0.1, 0.15) is 11.5 Å². The van der Waals surface area contributed by atoms with Gasteiger partial charge in [0.2, 0.25) is 5.91 Å². The molecule has 0 saturated carbocycles. The Balaban J connectivity index is 1.47. The molecule has 0 radical (unpaired) electrons. The fourth-order valence-electron chi connectivity index (χ4n) is 2.87. The maximum Gasteiger partial charge on any atom is 0.246 e. The van der Waals surface area contributed by atoms with Gasteiger partial charge in [-0.15, -0.1) is 0 Å². The molecule has 1 aromatic carbocycles. The van der Waals surface area contributed by atoms with E-state index >= 15 is 0 Å². The number of pyridine rings is 1. The number of piperazine rings is 1. The minimum atomic E-state index is -0.0837. The monoisotopic (exact) mass is 365 g/mol. The Morgan fingerprint density at radius 3 is 2.63 bits per heavy atom. The molecule has 1 aliphatic heterocycles. The number of hydrogen-bond donors (Lipinski definition) is 2. The minimum absolute atomic E-state index is 0.0109. The van der Waals surface area contributed by atoms with E-state index in [9.17, 15) is 15.0 Å². The summed E-state index contributed by atoms with van der Waals surface area (Å²) in [6, 6.07) is 10.2. The first-order valence-electron chi connectivity index (χ1n) is 8.91. The molecule has 27 heavy (non-hydrogen) atoms. The first-order chi connectivity index (χ1) is 13.1. The third kappa shape index (κ3) is 5.34. The number of phenolic OH excluding ortho intramolecular Hbond substituents is 2. The summed E-state index contributed by atoms with van der Waals surface area (Å²) in [4.78, 5) is 20.6. The van der Waals surface area contributed by atoms with E-state index in [-0.39, 0.29) is 17.4 Å². The van der Waals surface area contributed by atoms with Gasteiger partial charge in [0, 0.05) is 62.2 Å². The quantitative estimate of drug-likeness (QED) is 0.796. The van der Waals surface area contributed by atoms with Gasteiger partial charge in [-0.3, -0.25) is 9.78 Å². The van der Waals surface area contributed by atoms with Crippen LogP contribution in [-0.2, 0) is 11.2 Å². The number of aromatic hydroxyl groups is 2. The molecule has 3 rings (SSSR count). The summed E-state index contributed by atoms with van der Waals surface area (Å²) >= 11 is 0. The van der Waals surface area contributed by atoms with Crippen LogP contribution in [0.1, 0.15) is 11.3 Å². The van der Waals surface area contributed by atoms with E-state index in [0.29, 0.717) is 18.7 Å². The molecular formula is C21H23N3O3. The number of hydrogen-bond acceptors (Lipinski definition) is 5. The SMILES string of the molecule is O=C(/C=C/c1ccc(O)cc1O)N1CCN(/C=C/Cc2ccccn2)CC1. The molecule has 0 bridgehead atoms. The molecule has 2 heterocycles. The van der Waals surface area contributed by atoms with E-state index in [1.165, 1.54) is 18.2 Å². The highest BCUT2D eigenvalue weighted by atomic mass is 16.3. The number of carbonyl (C=O) groups excluding carboxylic acids is 1. The molecule has 0 spiro atoms. The number of phenols is 2. The zero-order valence-corrected chi connectivity index (χ0v) is 15.0. The van der Waals surface area contributed by atoms with E-state index in [1.54, 1.807) is 23.2 Å². The second-order valence-corrected chi connectivity index (χ2v) is 6.35. The van der Waals surface area contributed by atoms with Crippen molar-refractivity contribution in [1.82, 2.24) is 14.8 Å². The Bertz CT molecular complexity index is 826. The minimum Gasteiger partial charge on any atom is -0.508 e. The van der Waals surface area contributed by atoms with Crippen molar-refractivity contribution in [3.05, 3.63) is 72.2 Å². The number of aromatic nitrogens is 1. The van der Waals surface area contributed by atoms with E-state index in [1.807, 2.05) is 18.2 Å². The molecule has 2 N–H and O–H groups in total. The Kier molecular flexibility index (Phi) is 6.10. The lowest BCUT2D eigenvalue weighted by atomic mass is 10.1. The van der Waals surface area contributed by atoms with Crippen molar-refractivity contribution < 1.29 is 15.0 Å². The van der Waals surface area contributed by atoms with Crippen molar-refractivity contribution in [3.63, 3.8) is 0 Å².